The van der Waals surface area contributed by atoms with Crippen molar-refractivity contribution in [1.82, 2.24) is 15.0 Å². The van der Waals surface area contributed by atoms with Crippen LogP contribution >= 0.6 is 27.7 Å². The quantitative estimate of drug-likeness (QED) is 0.167. The number of hydrogen-bond donors (Lipinski definition) is 2. The molecule has 1 aliphatic heterocycles. The second kappa shape index (κ2) is 8.91. The van der Waals surface area contributed by atoms with Crippen LogP contribution in [0.3, 0.4) is 0 Å². The highest BCUT2D eigenvalue weighted by atomic mass is 79.9. The number of H-pyrrole nitrogens is 1. The summed E-state index contributed by atoms with van der Waals surface area (Å²) >= 11 is 4.66. The van der Waals surface area contributed by atoms with Crippen molar-refractivity contribution in [2.45, 2.75) is 24.0 Å². The van der Waals surface area contributed by atoms with Gasteiger partial charge < -0.3 is 4.98 Å². The summed E-state index contributed by atoms with van der Waals surface area (Å²) in [6.07, 6.45) is -0.363. The number of hydrogen-bond acceptors (Lipinski definition) is 5. The first kappa shape index (κ1) is 23.4. The van der Waals surface area contributed by atoms with Gasteiger partial charge in [0.25, 0.3) is 0 Å². The van der Waals surface area contributed by atoms with Gasteiger partial charge in [-0.15, -0.1) is 11.8 Å². The number of carbonyl (C=O) groups excluding carboxylic acids is 1. The minimum Gasteiger partial charge on any atom is -0.316 e. The number of amides is 1. The van der Waals surface area contributed by atoms with Crippen LogP contribution in [0, 0.1) is 29.1 Å². The molecule has 0 saturated carbocycles. The third-order valence-electron chi connectivity index (χ3n) is 4.86. The molecule has 4 rings (SSSR count). The molecule has 2 heterocycles. The standard InChI is InChI=1S/C19H11BrF5N3O4S/c20-6-1-9-17-10(2-6)33-5-7(28(17)19(31)18(30)26-9)3-11(29)27-32-4-8-12(21)14(23)16(25)15(24)13(8)22/h1-2,7H,3-5H2,(H,26,30)(H,27,29). The van der Waals surface area contributed by atoms with Crippen LogP contribution in [0.5, 0.6) is 0 Å². The highest BCUT2D eigenvalue weighted by molar-refractivity contribution is 9.10. The Bertz CT molecular complexity index is 1400. The Kier molecular flexibility index (Phi) is 6.33. The molecule has 1 amide bonds. The number of halogens is 6. The molecule has 33 heavy (non-hydrogen) atoms. The van der Waals surface area contributed by atoms with Gasteiger partial charge in [-0.3, -0.25) is 23.8 Å². The van der Waals surface area contributed by atoms with Crippen molar-refractivity contribution < 1.29 is 31.6 Å². The maximum absolute atomic E-state index is 13.7. The number of aromatic nitrogens is 2. The zero-order valence-electron chi connectivity index (χ0n) is 16.1. The maximum Gasteiger partial charge on any atom is 0.317 e. The van der Waals surface area contributed by atoms with Crippen molar-refractivity contribution >= 4 is 44.6 Å². The van der Waals surface area contributed by atoms with Crippen molar-refractivity contribution in [2.75, 3.05) is 5.75 Å². The van der Waals surface area contributed by atoms with Gasteiger partial charge in [-0.05, 0) is 12.1 Å². The first-order chi connectivity index (χ1) is 15.6. The molecule has 0 radical (unpaired) electrons. The van der Waals surface area contributed by atoms with E-state index in [4.69, 9.17) is 0 Å². The zero-order valence-corrected chi connectivity index (χ0v) is 18.5. The van der Waals surface area contributed by atoms with Gasteiger partial charge in [0.15, 0.2) is 23.3 Å². The van der Waals surface area contributed by atoms with Gasteiger partial charge >= 0.3 is 11.1 Å². The van der Waals surface area contributed by atoms with Crippen LogP contribution in [0.2, 0.25) is 0 Å². The third-order valence-corrected chi connectivity index (χ3v) is 6.49. The predicted octanol–water partition coefficient (Wildman–Crippen LogP) is 3.43. The summed E-state index contributed by atoms with van der Waals surface area (Å²) < 4.78 is 68.8. The average Bonchev–Trinajstić information content (AvgIpc) is 2.77. The average molecular weight is 552 g/mol. The minimum atomic E-state index is -2.31. The molecule has 1 atom stereocenters. The topological polar surface area (TPSA) is 93.2 Å². The van der Waals surface area contributed by atoms with Crippen molar-refractivity contribution in [3.8, 4) is 0 Å². The van der Waals surface area contributed by atoms with E-state index in [9.17, 15) is 36.3 Å². The Morgan fingerprint density at radius 1 is 1.12 bits per heavy atom. The molecule has 14 heteroatoms. The van der Waals surface area contributed by atoms with Crippen LogP contribution in [-0.4, -0.2) is 21.2 Å². The fourth-order valence-electron chi connectivity index (χ4n) is 3.40. The van der Waals surface area contributed by atoms with E-state index in [2.05, 4.69) is 25.8 Å². The van der Waals surface area contributed by atoms with Crippen molar-refractivity contribution in [1.29, 1.82) is 0 Å². The monoisotopic (exact) mass is 551 g/mol. The van der Waals surface area contributed by atoms with Crippen LogP contribution in [-0.2, 0) is 16.2 Å². The molecular formula is C19H11BrF5N3O4S. The predicted molar refractivity (Wildman–Crippen MR) is 110 cm³/mol. The van der Waals surface area contributed by atoms with Crippen LogP contribution in [0.1, 0.15) is 18.0 Å². The molecule has 2 aromatic carbocycles. The first-order valence-electron chi connectivity index (χ1n) is 9.12. The number of thioether (sulfide) groups is 1. The molecular weight excluding hydrogens is 541 g/mol. The van der Waals surface area contributed by atoms with E-state index >= 15 is 0 Å². The number of carbonyl (C=O) groups is 1. The highest BCUT2D eigenvalue weighted by Crippen LogP contribution is 2.37. The molecule has 1 aliphatic rings. The molecule has 0 aliphatic carbocycles. The zero-order chi connectivity index (χ0) is 24.0. The number of nitrogens with one attached hydrogen (secondary N) is 2. The van der Waals surface area contributed by atoms with Gasteiger partial charge in [-0.2, -0.15) is 0 Å². The Hall–Kier alpha value is -2.71. The molecule has 0 fully saturated rings. The molecule has 3 aromatic rings. The lowest BCUT2D eigenvalue weighted by Crippen LogP contribution is -2.41. The lowest BCUT2D eigenvalue weighted by atomic mass is 10.2. The van der Waals surface area contributed by atoms with Gasteiger partial charge in [0.1, 0.15) is 6.61 Å². The molecule has 174 valence electrons. The number of rotatable bonds is 5. The molecule has 7 nitrogen and oxygen atoms in total. The number of aromatic amines is 1. The lowest BCUT2D eigenvalue weighted by molar-refractivity contribution is -0.135. The van der Waals surface area contributed by atoms with Crippen LogP contribution in [0.25, 0.3) is 11.0 Å². The summed E-state index contributed by atoms with van der Waals surface area (Å²) in [5.41, 5.74) is -0.344. The van der Waals surface area contributed by atoms with Crippen molar-refractivity contribution in [3.63, 3.8) is 0 Å². The molecule has 0 bridgehead atoms. The number of hydroxylamine groups is 1. The summed E-state index contributed by atoms with van der Waals surface area (Å²) in [6, 6.07) is 2.59. The summed E-state index contributed by atoms with van der Waals surface area (Å²) in [4.78, 5) is 44.7. The highest BCUT2D eigenvalue weighted by Gasteiger charge is 2.28. The molecule has 0 spiro atoms. The molecule has 2 N–H and O–H groups in total. The molecule has 1 aromatic heterocycles. The van der Waals surface area contributed by atoms with Crippen LogP contribution in [0.4, 0.5) is 22.0 Å². The third kappa shape index (κ3) is 4.17. The number of benzene rings is 2. The minimum absolute atomic E-state index is 0.243. The summed E-state index contributed by atoms with van der Waals surface area (Å²) in [5.74, 6) is -11.3. The van der Waals surface area contributed by atoms with Crippen LogP contribution in [0.15, 0.2) is 31.1 Å². The van der Waals surface area contributed by atoms with Gasteiger partial charge in [0.05, 0.1) is 29.1 Å². The lowest BCUT2D eigenvalue weighted by Gasteiger charge is -2.26. The van der Waals surface area contributed by atoms with E-state index in [-0.39, 0.29) is 12.2 Å². The summed E-state index contributed by atoms with van der Waals surface area (Å²) in [6.45, 7) is -1.14. The Morgan fingerprint density at radius 2 is 1.76 bits per heavy atom. The summed E-state index contributed by atoms with van der Waals surface area (Å²) in [5, 5.41) is 0. The first-order valence-corrected chi connectivity index (χ1v) is 10.9. The van der Waals surface area contributed by atoms with E-state index in [1.54, 1.807) is 12.1 Å². The molecule has 0 saturated heterocycles. The van der Waals surface area contributed by atoms with E-state index in [1.165, 1.54) is 16.3 Å². The van der Waals surface area contributed by atoms with Gasteiger partial charge in [0, 0.05) is 15.1 Å². The Morgan fingerprint density at radius 3 is 2.42 bits per heavy atom. The van der Waals surface area contributed by atoms with E-state index in [0.29, 0.717) is 20.4 Å². The maximum atomic E-state index is 13.7. The van der Waals surface area contributed by atoms with Crippen LogP contribution < -0.4 is 16.6 Å². The van der Waals surface area contributed by atoms with E-state index in [0.717, 1.165) is 0 Å². The van der Waals surface area contributed by atoms with Gasteiger partial charge in [-0.25, -0.2) is 27.4 Å². The summed E-state index contributed by atoms with van der Waals surface area (Å²) in [7, 11) is 0. The van der Waals surface area contributed by atoms with Crippen molar-refractivity contribution in [3.05, 3.63) is 72.0 Å². The van der Waals surface area contributed by atoms with Gasteiger partial charge in [0.2, 0.25) is 11.7 Å². The smallest absolute Gasteiger partial charge is 0.316 e. The second-order valence-electron chi connectivity index (χ2n) is 6.96. The van der Waals surface area contributed by atoms with E-state index in [1.807, 2.05) is 5.48 Å². The fraction of sp³-hybridized carbons (Fsp3) is 0.211. The van der Waals surface area contributed by atoms with Crippen molar-refractivity contribution in [2.24, 2.45) is 0 Å². The Labute approximate surface area is 193 Å². The Balaban J connectivity index is 1.52. The normalized spacial score (nSPS) is 15.2. The SMILES string of the molecule is O=C(CC1CSc2cc(Br)cc3[nH]c(=O)c(=O)n1c23)NOCc1c(F)c(F)c(F)c(F)c1F. The fourth-order valence-corrected chi connectivity index (χ4v) is 5.20. The number of nitrogens with zero attached hydrogens (tertiary/aromatic N) is 1. The second-order valence-corrected chi connectivity index (χ2v) is 8.94. The largest absolute Gasteiger partial charge is 0.317 e. The molecule has 1 unspecified atom stereocenters. The van der Waals surface area contributed by atoms with E-state index < -0.39 is 64.3 Å². The van der Waals surface area contributed by atoms with Gasteiger partial charge in [-0.1, -0.05) is 15.9 Å².